The van der Waals surface area contributed by atoms with Crippen LogP contribution < -0.4 is 10.2 Å². The van der Waals surface area contributed by atoms with E-state index in [1.54, 1.807) is 6.07 Å². The number of aromatic nitrogens is 1. The van der Waals surface area contributed by atoms with Crippen molar-refractivity contribution in [1.29, 1.82) is 0 Å². The summed E-state index contributed by atoms with van der Waals surface area (Å²) in [6.07, 6.45) is 0. The van der Waals surface area contributed by atoms with Gasteiger partial charge in [-0.05, 0) is 38.0 Å². The van der Waals surface area contributed by atoms with E-state index >= 15 is 0 Å². The molecule has 1 N–H and O–H groups in total. The highest BCUT2D eigenvalue weighted by Gasteiger charge is 2.21. The van der Waals surface area contributed by atoms with Gasteiger partial charge in [-0.25, -0.2) is 0 Å². The maximum Gasteiger partial charge on any atom is 0.240 e. The van der Waals surface area contributed by atoms with Crippen molar-refractivity contribution in [3.05, 3.63) is 65.2 Å². The van der Waals surface area contributed by atoms with E-state index in [-0.39, 0.29) is 5.91 Å². The molecule has 30 heavy (non-hydrogen) atoms. The molecule has 0 unspecified atom stereocenters. The summed E-state index contributed by atoms with van der Waals surface area (Å²) in [7, 11) is 0. The maximum atomic E-state index is 12.5. The van der Waals surface area contributed by atoms with Crippen molar-refractivity contribution in [3.63, 3.8) is 0 Å². The molecule has 2 heterocycles. The molecule has 1 fully saturated rings. The molecule has 0 bridgehead atoms. The summed E-state index contributed by atoms with van der Waals surface area (Å²) >= 11 is 0. The van der Waals surface area contributed by atoms with Crippen LogP contribution in [-0.2, 0) is 4.79 Å². The Kier molecular flexibility index (Phi) is 5.86. The standard InChI is InChI=1S/C24H28N4O2/c1-17-7-9-20(10-8-17)21-15-24(30-26-21)25-23(29)16-27-11-13-28(14-12-27)22-6-4-5-18(2)19(22)3/h4-10,15H,11-14,16H2,1-3H3,(H,25,29). The average molecular weight is 405 g/mol. The molecule has 6 nitrogen and oxygen atoms in total. The zero-order valence-electron chi connectivity index (χ0n) is 17.8. The smallest absolute Gasteiger partial charge is 0.240 e. The van der Waals surface area contributed by atoms with E-state index in [4.69, 9.17) is 4.52 Å². The lowest BCUT2D eigenvalue weighted by Crippen LogP contribution is -2.48. The molecule has 1 aliphatic rings. The van der Waals surface area contributed by atoms with Crippen molar-refractivity contribution in [2.45, 2.75) is 20.8 Å². The van der Waals surface area contributed by atoms with Crippen molar-refractivity contribution in [1.82, 2.24) is 10.1 Å². The van der Waals surface area contributed by atoms with E-state index in [1.807, 2.05) is 31.2 Å². The van der Waals surface area contributed by atoms with Crippen LogP contribution in [-0.4, -0.2) is 48.7 Å². The second-order valence-electron chi connectivity index (χ2n) is 7.97. The Morgan fingerprint density at radius 1 is 1.03 bits per heavy atom. The molecule has 0 saturated carbocycles. The van der Waals surface area contributed by atoms with Crippen molar-refractivity contribution in [2.24, 2.45) is 0 Å². The zero-order valence-corrected chi connectivity index (χ0v) is 17.8. The van der Waals surface area contributed by atoms with Gasteiger partial charge in [0.25, 0.3) is 0 Å². The quantitative estimate of drug-likeness (QED) is 0.696. The lowest BCUT2D eigenvalue weighted by atomic mass is 10.1. The normalized spacial score (nSPS) is 14.7. The van der Waals surface area contributed by atoms with Gasteiger partial charge in [-0.2, -0.15) is 0 Å². The van der Waals surface area contributed by atoms with E-state index in [9.17, 15) is 4.79 Å². The van der Waals surface area contributed by atoms with Gasteiger partial charge < -0.3 is 9.42 Å². The Bertz CT molecular complexity index is 1020. The molecule has 2 aromatic carbocycles. The molecule has 4 rings (SSSR count). The Labute approximate surface area is 177 Å². The van der Waals surface area contributed by atoms with Crippen molar-refractivity contribution < 1.29 is 9.32 Å². The number of nitrogens with zero attached hydrogens (tertiary/aromatic N) is 3. The minimum Gasteiger partial charge on any atom is -0.369 e. The summed E-state index contributed by atoms with van der Waals surface area (Å²) in [4.78, 5) is 17.0. The van der Waals surface area contributed by atoms with Crippen LogP contribution in [0.1, 0.15) is 16.7 Å². The average Bonchev–Trinajstić information content (AvgIpc) is 3.19. The van der Waals surface area contributed by atoms with Gasteiger partial charge in [-0.15, -0.1) is 0 Å². The fourth-order valence-electron chi connectivity index (χ4n) is 3.80. The highest BCUT2D eigenvalue weighted by atomic mass is 16.5. The molecule has 1 saturated heterocycles. The predicted octanol–water partition coefficient (Wildman–Crippen LogP) is 4.03. The molecule has 0 radical (unpaired) electrons. The SMILES string of the molecule is Cc1ccc(-c2cc(NC(=O)CN3CCN(c4cccc(C)c4C)CC3)on2)cc1. The van der Waals surface area contributed by atoms with Crippen LogP contribution in [0.4, 0.5) is 11.6 Å². The van der Waals surface area contributed by atoms with Crippen molar-refractivity contribution in [3.8, 4) is 11.3 Å². The topological polar surface area (TPSA) is 61.6 Å². The number of hydrogen-bond donors (Lipinski definition) is 1. The van der Waals surface area contributed by atoms with E-state index in [0.717, 1.165) is 31.7 Å². The molecule has 1 aromatic heterocycles. The number of benzene rings is 2. The Morgan fingerprint density at radius 2 is 1.77 bits per heavy atom. The maximum absolute atomic E-state index is 12.5. The summed E-state index contributed by atoms with van der Waals surface area (Å²) in [6, 6.07) is 16.2. The first-order valence-electron chi connectivity index (χ1n) is 10.4. The number of rotatable bonds is 5. The minimum atomic E-state index is -0.0817. The summed E-state index contributed by atoms with van der Waals surface area (Å²) in [5, 5.41) is 6.89. The number of aryl methyl sites for hydroxylation is 2. The Balaban J connectivity index is 1.29. The number of carbonyl (C=O) groups excluding carboxylic acids is 1. The summed E-state index contributed by atoms with van der Waals surface area (Å²) in [5.41, 5.74) is 6.81. The largest absolute Gasteiger partial charge is 0.369 e. The second kappa shape index (κ2) is 8.71. The first kappa shape index (κ1) is 20.2. The van der Waals surface area contributed by atoms with Gasteiger partial charge in [0.15, 0.2) is 0 Å². The molecule has 3 aromatic rings. The van der Waals surface area contributed by atoms with Crippen molar-refractivity contribution in [2.75, 3.05) is 42.9 Å². The molecule has 6 heteroatoms. The molecule has 1 aliphatic heterocycles. The molecule has 156 valence electrons. The molecule has 0 atom stereocenters. The fourth-order valence-corrected chi connectivity index (χ4v) is 3.80. The highest BCUT2D eigenvalue weighted by molar-refractivity contribution is 5.91. The third-order valence-electron chi connectivity index (χ3n) is 5.78. The third-order valence-corrected chi connectivity index (χ3v) is 5.78. The minimum absolute atomic E-state index is 0.0817. The van der Waals surface area contributed by atoms with E-state index in [2.05, 4.69) is 52.3 Å². The van der Waals surface area contributed by atoms with E-state index in [0.29, 0.717) is 18.1 Å². The summed E-state index contributed by atoms with van der Waals surface area (Å²) in [5.74, 6) is 0.298. The number of anilines is 2. The van der Waals surface area contributed by atoms with Gasteiger partial charge in [0.2, 0.25) is 11.8 Å². The Hall–Kier alpha value is -3.12. The molecule has 0 aliphatic carbocycles. The predicted molar refractivity (Wildman–Crippen MR) is 120 cm³/mol. The Morgan fingerprint density at radius 3 is 2.50 bits per heavy atom. The van der Waals surface area contributed by atoms with Gasteiger partial charge in [0.05, 0.1) is 6.54 Å². The number of piperazine rings is 1. The van der Waals surface area contributed by atoms with E-state index in [1.165, 1.54) is 22.4 Å². The zero-order chi connectivity index (χ0) is 21.1. The lowest BCUT2D eigenvalue weighted by molar-refractivity contribution is -0.117. The lowest BCUT2D eigenvalue weighted by Gasteiger charge is -2.36. The van der Waals surface area contributed by atoms with Gasteiger partial charge in [0, 0.05) is 43.5 Å². The van der Waals surface area contributed by atoms with Gasteiger partial charge >= 0.3 is 0 Å². The molecular formula is C24H28N4O2. The van der Waals surface area contributed by atoms with Crippen LogP contribution in [0.3, 0.4) is 0 Å². The van der Waals surface area contributed by atoms with Crippen LogP contribution in [0, 0.1) is 20.8 Å². The molecule has 1 amide bonds. The van der Waals surface area contributed by atoms with Gasteiger partial charge in [-0.3, -0.25) is 15.0 Å². The third kappa shape index (κ3) is 4.54. The second-order valence-corrected chi connectivity index (χ2v) is 7.97. The van der Waals surface area contributed by atoms with Crippen LogP contribution in [0.2, 0.25) is 0 Å². The number of carbonyl (C=O) groups is 1. The van der Waals surface area contributed by atoms with Gasteiger partial charge in [0.1, 0.15) is 5.69 Å². The van der Waals surface area contributed by atoms with Gasteiger partial charge in [-0.1, -0.05) is 47.1 Å². The molecule has 0 spiro atoms. The highest BCUT2D eigenvalue weighted by Crippen LogP contribution is 2.24. The number of nitrogens with one attached hydrogen (secondary N) is 1. The first-order valence-corrected chi connectivity index (χ1v) is 10.4. The van der Waals surface area contributed by atoms with Crippen LogP contribution in [0.5, 0.6) is 0 Å². The molecular weight excluding hydrogens is 376 g/mol. The van der Waals surface area contributed by atoms with E-state index < -0.39 is 0 Å². The van der Waals surface area contributed by atoms with Crippen molar-refractivity contribution >= 4 is 17.5 Å². The summed E-state index contributed by atoms with van der Waals surface area (Å²) in [6.45, 7) is 10.2. The first-order chi connectivity index (χ1) is 14.5. The van der Waals surface area contributed by atoms with Crippen LogP contribution in [0.15, 0.2) is 53.1 Å². The van der Waals surface area contributed by atoms with Crippen LogP contribution in [0.25, 0.3) is 11.3 Å². The summed E-state index contributed by atoms with van der Waals surface area (Å²) < 4.78 is 5.30. The number of hydrogen-bond acceptors (Lipinski definition) is 5. The monoisotopic (exact) mass is 404 g/mol. The number of amides is 1. The fraction of sp³-hybridized carbons (Fsp3) is 0.333. The van der Waals surface area contributed by atoms with Crippen LogP contribution >= 0.6 is 0 Å².